The fourth-order valence-electron chi connectivity index (χ4n) is 1.93. The summed E-state index contributed by atoms with van der Waals surface area (Å²) in [6.45, 7) is 1.96. The van der Waals surface area contributed by atoms with E-state index >= 15 is 0 Å². The van der Waals surface area contributed by atoms with E-state index in [0.717, 1.165) is 21.2 Å². The zero-order valence-electron chi connectivity index (χ0n) is 9.58. The van der Waals surface area contributed by atoms with E-state index in [4.69, 9.17) is 5.11 Å². The highest BCUT2D eigenvalue weighted by Crippen LogP contribution is 2.29. The molecule has 1 N–H and O–H groups in total. The first-order valence-electron chi connectivity index (χ1n) is 5.48. The third kappa shape index (κ3) is 1.65. The van der Waals surface area contributed by atoms with Crippen molar-refractivity contribution in [2.75, 3.05) is 0 Å². The highest BCUT2D eigenvalue weighted by atomic mass is 32.1. The topological polar surface area (TPSA) is 54.6 Å². The highest BCUT2D eigenvalue weighted by Gasteiger charge is 2.18. The van der Waals surface area contributed by atoms with Crippen molar-refractivity contribution in [2.24, 2.45) is 0 Å². The molecule has 0 aliphatic heterocycles. The van der Waals surface area contributed by atoms with E-state index in [1.807, 2.05) is 35.0 Å². The fourth-order valence-corrected chi connectivity index (χ4v) is 3.64. The number of aromatic carboxylic acids is 1. The molecule has 0 aliphatic carbocycles. The summed E-state index contributed by atoms with van der Waals surface area (Å²) in [4.78, 5) is 17.9. The molecule has 0 amide bonds. The lowest BCUT2D eigenvalue weighted by Gasteiger charge is -1.96. The summed E-state index contributed by atoms with van der Waals surface area (Å²) in [5, 5.41) is 11.1. The number of hydrogen-bond acceptors (Lipinski definition) is 4. The first kappa shape index (κ1) is 11.4. The molecule has 0 saturated heterocycles. The maximum absolute atomic E-state index is 11.1. The van der Waals surface area contributed by atoms with E-state index < -0.39 is 5.97 Å². The summed E-state index contributed by atoms with van der Waals surface area (Å²) in [5.41, 5.74) is 1.72. The van der Waals surface area contributed by atoms with Gasteiger partial charge in [0.15, 0.2) is 4.96 Å². The summed E-state index contributed by atoms with van der Waals surface area (Å²) in [5.74, 6) is -0.875. The van der Waals surface area contributed by atoms with Gasteiger partial charge in [0.05, 0.1) is 4.88 Å². The molecule has 3 heterocycles. The Bertz CT molecular complexity index is 710. The summed E-state index contributed by atoms with van der Waals surface area (Å²) >= 11 is 2.86. The van der Waals surface area contributed by atoms with Crippen LogP contribution >= 0.6 is 22.7 Å². The number of rotatable bonds is 3. The normalized spacial score (nSPS) is 11.2. The molecule has 18 heavy (non-hydrogen) atoms. The van der Waals surface area contributed by atoms with Crippen LogP contribution in [0.3, 0.4) is 0 Å². The average molecular weight is 278 g/mol. The number of carbonyl (C=O) groups is 1. The Morgan fingerprint density at radius 1 is 1.56 bits per heavy atom. The van der Waals surface area contributed by atoms with Gasteiger partial charge < -0.3 is 5.11 Å². The van der Waals surface area contributed by atoms with E-state index in [1.165, 1.54) is 11.3 Å². The molecule has 0 radical (unpaired) electrons. The number of imidazole rings is 1. The van der Waals surface area contributed by atoms with Crippen molar-refractivity contribution in [1.82, 2.24) is 9.38 Å². The zero-order valence-corrected chi connectivity index (χ0v) is 11.2. The number of thiazole rings is 1. The zero-order chi connectivity index (χ0) is 12.7. The summed E-state index contributed by atoms with van der Waals surface area (Å²) in [6.07, 6.45) is 2.60. The predicted octanol–water partition coefficient (Wildman–Crippen LogP) is 3.38. The Balaban J connectivity index is 2.20. The molecule has 0 bridgehead atoms. The van der Waals surface area contributed by atoms with Crippen LogP contribution in [0.4, 0.5) is 0 Å². The van der Waals surface area contributed by atoms with Gasteiger partial charge in [0.2, 0.25) is 0 Å². The largest absolute Gasteiger partial charge is 0.477 e. The maximum Gasteiger partial charge on any atom is 0.347 e. The molecule has 0 saturated carbocycles. The van der Waals surface area contributed by atoms with Crippen LogP contribution in [0.2, 0.25) is 0 Å². The Labute approximate surface area is 111 Å². The second-order valence-electron chi connectivity index (χ2n) is 3.79. The van der Waals surface area contributed by atoms with Crippen molar-refractivity contribution in [2.45, 2.75) is 13.3 Å². The Morgan fingerprint density at radius 3 is 3.00 bits per heavy atom. The summed E-state index contributed by atoms with van der Waals surface area (Å²) in [7, 11) is 0. The second-order valence-corrected chi connectivity index (χ2v) is 5.72. The highest BCUT2D eigenvalue weighted by molar-refractivity contribution is 7.19. The molecule has 0 spiro atoms. The van der Waals surface area contributed by atoms with Gasteiger partial charge in [-0.25, -0.2) is 9.78 Å². The van der Waals surface area contributed by atoms with E-state index in [0.29, 0.717) is 11.3 Å². The van der Waals surface area contributed by atoms with Crippen molar-refractivity contribution in [3.8, 4) is 10.6 Å². The molecule has 3 aromatic heterocycles. The van der Waals surface area contributed by atoms with Crippen molar-refractivity contribution >= 4 is 33.6 Å². The lowest BCUT2D eigenvalue weighted by molar-refractivity contribution is 0.0700. The van der Waals surface area contributed by atoms with E-state index in [1.54, 1.807) is 11.3 Å². The molecule has 3 rings (SSSR count). The van der Waals surface area contributed by atoms with Gasteiger partial charge in [-0.05, 0) is 17.9 Å². The van der Waals surface area contributed by atoms with E-state index in [2.05, 4.69) is 4.98 Å². The Morgan fingerprint density at radius 2 is 2.39 bits per heavy atom. The quantitative estimate of drug-likeness (QED) is 0.799. The lowest BCUT2D eigenvalue weighted by atomic mass is 10.3. The Hall–Kier alpha value is -1.66. The molecule has 0 unspecified atom stereocenters. The molecule has 92 valence electrons. The van der Waals surface area contributed by atoms with Crippen molar-refractivity contribution in [1.29, 1.82) is 0 Å². The van der Waals surface area contributed by atoms with Crippen LogP contribution in [-0.2, 0) is 6.42 Å². The van der Waals surface area contributed by atoms with Gasteiger partial charge in [-0.3, -0.25) is 4.40 Å². The predicted molar refractivity (Wildman–Crippen MR) is 72.7 cm³/mol. The second kappa shape index (κ2) is 4.22. The SMILES string of the molecule is CCc1c(C(=O)O)sc2nc(-c3cccs3)cn12. The van der Waals surface area contributed by atoms with Crippen LogP contribution < -0.4 is 0 Å². The fraction of sp³-hybridized carbons (Fsp3) is 0.167. The molecule has 0 aromatic carbocycles. The van der Waals surface area contributed by atoms with Gasteiger partial charge in [0.25, 0.3) is 0 Å². The molecule has 3 aromatic rings. The minimum absolute atomic E-state index is 0.387. The molecule has 4 nitrogen and oxygen atoms in total. The third-order valence-electron chi connectivity index (χ3n) is 2.72. The first-order chi connectivity index (χ1) is 8.70. The maximum atomic E-state index is 11.1. The Kier molecular flexibility index (Phi) is 2.68. The van der Waals surface area contributed by atoms with E-state index in [9.17, 15) is 4.79 Å². The molecular weight excluding hydrogens is 268 g/mol. The molecule has 0 atom stereocenters. The number of hydrogen-bond donors (Lipinski definition) is 1. The smallest absolute Gasteiger partial charge is 0.347 e. The summed E-state index contributed by atoms with van der Waals surface area (Å²) in [6, 6.07) is 4.00. The number of nitrogens with zero attached hydrogens (tertiary/aromatic N) is 2. The molecule has 6 heteroatoms. The third-order valence-corrected chi connectivity index (χ3v) is 4.70. The van der Waals surface area contributed by atoms with Gasteiger partial charge in [0, 0.05) is 11.9 Å². The van der Waals surface area contributed by atoms with Crippen LogP contribution in [0, 0.1) is 0 Å². The van der Waals surface area contributed by atoms with Gasteiger partial charge in [-0.1, -0.05) is 24.3 Å². The van der Waals surface area contributed by atoms with E-state index in [-0.39, 0.29) is 0 Å². The monoisotopic (exact) mass is 278 g/mol. The van der Waals surface area contributed by atoms with Gasteiger partial charge in [0.1, 0.15) is 10.6 Å². The van der Waals surface area contributed by atoms with Crippen LogP contribution in [0.1, 0.15) is 22.3 Å². The number of carboxylic acids is 1. The number of aromatic nitrogens is 2. The molecular formula is C12H10N2O2S2. The average Bonchev–Trinajstić information content (AvgIpc) is 3.02. The first-order valence-corrected chi connectivity index (χ1v) is 7.18. The van der Waals surface area contributed by atoms with Crippen LogP contribution in [0.15, 0.2) is 23.7 Å². The standard InChI is InChI=1S/C12H10N2O2S2/c1-2-8-10(11(15)16)18-12-13-7(6-14(8)12)9-4-3-5-17-9/h3-6H,2H2,1H3,(H,15,16). The van der Waals surface area contributed by atoms with Crippen molar-refractivity contribution < 1.29 is 9.90 Å². The minimum atomic E-state index is -0.875. The number of carboxylic acid groups (broad SMARTS) is 1. The number of aryl methyl sites for hydroxylation is 1. The minimum Gasteiger partial charge on any atom is -0.477 e. The van der Waals surface area contributed by atoms with Crippen molar-refractivity contribution in [3.05, 3.63) is 34.3 Å². The van der Waals surface area contributed by atoms with Crippen LogP contribution in [-0.4, -0.2) is 20.5 Å². The van der Waals surface area contributed by atoms with Gasteiger partial charge >= 0.3 is 5.97 Å². The van der Waals surface area contributed by atoms with Crippen LogP contribution in [0.25, 0.3) is 15.5 Å². The lowest BCUT2D eigenvalue weighted by Crippen LogP contribution is -1.99. The molecule has 0 fully saturated rings. The van der Waals surface area contributed by atoms with Crippen molar-refractivity contribution in [3.63, 3.8) is 0 Å². The number of fused-ring (bicyclic) bond motifs is 1. The number of thiophene rings is 1. The van der Waals surface area contributed by atoms with Crippen LogP contribution in [0.5, 0.6) is 0 Å². The molecule has 0 aliphatic rings. The summed E-state index contributed by atoms with van der Waals surface area (Å²) < 4.78 is 1.89. The van der Waals surface area contributed by atoms with Gasteiger partial charge in [-0.15, -0.1) is 11.3 Å². The van der Waals surface area contributed by atoms with Gasteiger partial charge in [-0.2, -0.15) is 0 Å².